The molecule has 0 bridgehead atoms. The summed E-state index contributed by atoms with van der Waals surface area (Å²) in [7, 11) is -8.66. The van der Waals surface area contributed by atoms with Gasteiger partial charge < -0.3 is 19.7 Å². The van der Waals surface area contributed by atoms with Crippen molar-refractivity contribution in [2.45, 2.75) is 55.9 Å². The molecule has 0 saturated carbocycles. The van der Waals surface area contributed by atoms with Gasteiger partial charge in [-0.1, -0.05) is 25.5 Å². The Morgan fingerprint density at radius 2 is 1.73 bits per heavy atom. The van der Waals surface area contributed by atoms with E-state index < -0.39 is 56.8 Å². The van der Waals surface area contributed by atoms with E-state index in [-0.39, 0.29) is 42.9 Å². The SMILES string of the molecule is COC1CC(C(=O)N(c2ccc(S(F)(F)(F)(F)F)cc2)C(C(=O)NCCN2CCN(C(=O)OC(C)(C)C)CC2)c2cccnc2)N(C#N)C1. The molecule has 49 heavy (non-hydrogen) atoms. The predicted molar refractivity (Wildman–Crippen MR) is 171 cm³/mol. The Labute approximate surface area is 281 Å². The van der Waals surface area contributed by atoms with Crippen LogP contribution in [-0.4, -0.2) is 108 Å². The number of benzene rings is 1. The molecule has 3 unspecified atom stereocenters. The van der Waals surface area contributed by atoms with Crippen molar-refractivity contribution in [3.8, 4) is 6.19 Å². The molecule has 0 radical (unpaired) electrons. The maximum Gasteiger partial charge on any atom is 0.410 e. The monoisotopic (exact) mass is 717 g/mol. The fourth-order valence-electron chi connectivity index (χ4n) is 5.61. The summed E-state index contributed by atoms with van der Waals surface area (Å²) in [5.74, 6) is -1.56. The van der Waals surface area contributed by atoms with E-state index in [4.69, 9.17) is 9.47 Å². The number of anilines is 1. The van der Waals surface area contributed by atoms with E-state index in [1.165, 1.54) is 31.6 Å². The molecule has 3 atom stereocenters. The van der Waals surface area contributed by atoms with E-state index in [1.807, 2.05) is 11.1 Å². The standard InChI is InChI=1S/C31H40F5N7O5S/c1-31(2,3)48-30(46)41-16-14-40(15-17-41)13-12-39-28(44)27(22-6-5-11-38-19-22)43(29(45)26-18-24(47-4)20-42(26)21-37)23-7-9-25(10-8-23)49(32,33,34,35)36/h5-11,19,24,26-27H,12-18,20H2,1-4H3,(H,39,44). The first-order valence-corrected chi connectivity index (χ1v) is 17.4. The Bertz CT molecular complexity index is 1550. The molecule has 2 saturated heterocycles. The number of amides is 3. The maximum absolute atomic E-state index is 14.3. The average molecular weight is 718 g/mol. The van der Waals surface area contributed by atoms with Gasteiger partial charge in [0.2, 0.25) is 5.91 Å². The summed E-state index contributed by atoms with van der Waals surface area (Å²) in [5, 5.41) is 12.5. The highest BCUT2D eigenvalue weighted by Gasteiger charge is 2.65. The van der Waals surface area contributed by atoms with Crippen molar-refractivity contribution >= 4 is 33.8 Å². The molecule has 1 aromatic carbocycles. The molecule has 2 fully saturated rings. The molecule has 2 aliphatic heterocycles. The summed E-state index contributed by atoms with van der Waals surface area (Å²) in [5.41, 5.74) is -0.737. The van der Waals surface area contributed by atoms with Crippen molar-refractivity contribution in [2.24, 2.45) is 0 Å². The number of carbonyl (C=O) groups excluding carboxylic acids is 3. The molecular formula is C31H40F5N7O5S. The summed E-state index contributed by atoms with van der Waals surface area (Å²) in [4.78, 5) is 48.2. The third-order valence-corrected chi connectivity index (χ3v) is 9.23. The Kier molecular flexibility index (Phi) is 10.4. The molecule has 1 aromatic heterocycles. The van der Waals surface area contributed by atoms with Crippen LogP contribution in [0.1, 0.15) is 38.8 Å². The van der Waals surface area contributed by atoms with Gasteiger partial charge in [0, 0.05) is 76.4 Å². The van der Waals surface area contributed by atoms with Crippen LogP contribution in [0.5, 0.6) is 0 Å². The Hall–Kier alpha value is -4.21. The molecule has 3 heterocycles. The van der Waals surface area contributed by atoms with Gasteiger partial charge in [-0.05, 0) is 51.1 Å². The number of hydrogen-bond donors (Lipinski definition) is 1. The normalized spacial score (nSPS) is 20.8. The van der Waals surface area contributed by atoms with E-state index in [2.05, 4.69) is 10.3 Å². The van der Waals surface area contributed by atoms with E-state index in [0.717, 1.165) is 9.80 Å². The zero-order valence-electron chi connectivity index (χ0n) is 27.5. The van der Waals surface area contributed by atoms with Crippen LogP contribution in [0.4, 0.5) is 29.9 Å². The zero-order valence-corrected chi connectivity index (χ0v) is 28.3. The molecule has 12 nitrogen and oxygen atoms in total. The van der Waals surface area contributed by atoms with Crippen LogP contribution in [0.25, 0.3) is 0 Å². The predicted octanol–water partition coefficient (Wildman–Crippen LogP) is 5.05. The van der Waals surface area contributed by atoms with Crippen molar-refractivity contribution < 1.29 is 43.3 Å². The summed E-state index contributed by atoms with van der Waals surface area (Å²) in [6, 6.07) is 2.04. The Morgan fingerprint density at radius 3 is 2.27 bits per heavy atom. The molecule has 2 aliphatic rings. The lowest BCUT2D eigenvalue weighted by molar-refractivity contribution is -0.128. The van der Waals surface area contributed by atoms with Gasteiger partial charge >= 0.3 is 16.3 Å². The van der Waals surface area contributed by atoms with Gasteiger partial charge in [-0.2, -0.15) is 5.26 Å². The number of nitrogens with one attached hydrogen (secondary N) is 1. The van der Waals surface area contributed by atoms with Crippen LogP contribution in [0, 0.1) is 11.5 Å². The number of piperazine rings is 1. The molecule has 4 rings (SSSR count). The van der Waals surface area contributed by atoms with Gasteiger partial charge in [0.25, 0.3) is 5.91 Å². The number of likely N-dealkylation sites (tertiary alicyclic amines) is 1. The number of carbonyl (C=O) groups is 3. The number of ether oxygens (including phenoxy) is 2. The minimum absolute atomic E-state index is 0.0274. The topological polar surface area (TPSA) is 131 Å². The Morgan fingerprint density at radius 1 is 1.08 bits per heavy atom. The van der Waals surface area contributed by atoms with Gasteiger partial charge in [-0.25, -0.2) is 4.79 Å². The molecule has 270 valence electrons. The van der Waals surface area contributed by atoms with E-state index in [1.54, 1.807) is 25.7 Å². The quantitative estimate of drug-likeness (QED) is 0.265. The lowest BCUT2D eigenvalue weighted by Gasteiger charge is -2.41. The fraction of sp³-hybridized carbons (Fsp3) is 0.516. The van der Waals surface area contributed by atoms with Crippen molar-refractivity contribution in [1.29, 1.82) is 5.26 Å². The molecule has 2 aromatic rings. The maximum atomic E-state index is 14.3. The number of hydrogen-bond acceptors (Lipinski definition) is 9. The van der Waals surface area contributed by atoms with E-state index in [0.29, 0.717) is 44.9 Å². The highest BCUT2D eigenvalue weighted by Crippen LogP contribution is 3.02. The van der Waals surface area contributed by atoms with Crippen LogP contribution >= 0.6 is 10.2 Å². The van der Waals surface area contributed by atoms with Crippen LogP contribution in [0.2, 0.25) is 0 Å². The Balaban J connectivity index is 1.60. The van der Waals surface area contributed by atoms with Crippen LogP contribution in [-0.2, 0) is 19.1 Å². The van der Waals surface area contributed by atoms with Gasteiger partial charge in [0.05, 0.1) is 12.6 Å². The largest absolute Gasteiger partial charge is 0.444 e. The molecule has 0 spiro atoms. The van der Waals surface area contributed by atoms with Gasteiger partial charge in [0.1, 0.15) is 22.6 Å². The van der Waals surface area contributed by atoms with E-state index >= 15 is 0 Å². The number of pyridine rings is 1. The lowest BCUT2D eigenvalue weighted by Crippen LogP contribution is -2.52. The first-order valence-electron chi connectivity index (χ1n) is 15.4. The second-order valence-corrected chi connectivity index (χ2v) is 15.2. The number of methoxy groups -OCH3 is 1. The summed E-state index contributed by atoms with van der Waals surface area (Å²) < 4.78 is 78.7. The third kappa shape index (κ3) is 9.70. The first kappa shape index (κ1) is 37.6. The van der Waals surface area contributed by atoms with Gasteiger partial charge in [-0.15, -0.1) is 0 Å². The smallest absolute Gasteiger partial charge is 0.410 e. The highest BCUT2D eigenvalue weighted by atomic mass is 32.5. The van der Waals surface area contributed by atoms with Crippen LogP contribution in [0.15, 0.2) is 53.7 Å². The minimum atomic E-state index is -10.1. The van der Waals surface area contributed by atoms with Crippen molar-refractivity contribution in [3.63, 3.8) is 0 Å². The zero-order chi connectivity index (χ0) is 36.3. The fourth-order valence-corrected chi connectivity index (χ4v) is 6.26. The summed E-state index contributed by atoms with van der Waals surface area (Å²) >= 11 is 0. The number of aromatic nitrogens is 1. The van der Waals surface area contributed by atoms with Crippen molar-refractivity contribution in [1.82, 2.24) is 25.0 Å². The van der Waals surface area contributed by atoms with E-state index in [9.17, 15) is 39.1 Å². The number of halogens is 5. The van der Waals surface area contributed by atoms with Crippen LogP contribution < -0.4 is 10.2 Å². The van der Waals surface area contributed by atoms with Gasteiger partial charge in [-0.3, -0.25) is 29.3 Å². The number of nitriles is 1. The number of nitrogens with zero attached hydrogens (tertiary/aromatic N) is 6. The summed E-state index contributed by atoms with van der Waals surface area (Å²) in [6.07, 6.45) is 3.71. The van der Waals surface area contributed by atoms with Crippen molar-refractivity contribution in [2.75, 3.05) is 57.8 Å². The van der Waals surface area contributed by atoms with Crippen LogP contribution in [0.3, 0.4) is 0 Å². The second-order valence-electron chi connectivity index (χ2n) is 12.8. The second kappa shape index (κ2) is 13.6. The number of rotatable bonds is 10. The minimum Gasteiger partial charge on any atom is -0.444 e. The third-order valence-electron chi connectivity index (χ3n) is 8.07. The molecular weight excluding hydrogens is 677 g/mol. The lowest BCUT2D eigenvalue weighted by atomic mass is 10.0. The molecule has 18 heteroatoms. The average Bonchev–Trinajstić information content (AvgIpc) is 3.46. The highest BCUT2D eigenvalue weighted by molar-refractivity contribution is 8.45. The molecule has 3 amide bonds. The molecule has 1 N–H and O–H groups in total. The van der Waals surface area contributed by atoms with Crippen molar-refractivity contribution in [3.05, 3.63) is 54.4 Å². The molecule has 0 aliphatic carbocycles. The first-order chi connectivity index (χ1) is 22.7. The summed E-state index contributed by atoms with van der Waals surface area (Å²) in [6.45, 7) is 7.62. The van der Waals surface area contributed by atoms with Gasteiger partial charge in [0.15, 0.2) is 6.19 Å².